The summed E-state index contributed by atoms with van der Waals surface area (Å²) in [5, 5.41) is 2.71. The molecule has 0 aliphatic carbocycles. The van der Waals surface area contributed by atoms with Crippen molar-refractivity contribution in [2.75, 3.05) is 13.7 Å². The second-order valence-electron chi connectivity index (χ2n) is 5.29. The number of benzene rings is 1. The van der Waals surface area contributed by atoms with E-state index in [1.165, 1.54) is 7.11 Å². The normalized spacial score (nSPS) is 12.8. The highest BCUT2D eigenvalue weighted by Gasteiger charge is 2.21. The van der Waals surface area contributed by atoms with Gasteiger partial charge in [-0.1, -0.05) is 6.92 Å². The first-order valence-electron chi connectivity index (χ1n) is 7.15. The molecule has 0 saturated heterocycles. The van der Waals surface area contributed by atoms with Crippen LogP contribution in [0.15, 0.2) is 17.0 Å². The number of hydrogen-bond acceptors (Lipinski definition) is 4. The largest absolute Gasteiger partial charge is 0.495 e. The Morgan fingerprint density at radius 3 is 2.41 bits per heavy atom. The number of rotatable bonds is 7. The summed E-state index contributed by atoms with van der Waals surface area (Å²) in [5.41, 5.74) is 1.77. The molecule has 0 spiro atoms. The molecule has 0 heterocycles. The van der Waals surface area contributed by atoms with E-state index in [1.807, 2.05) is 27.7 Å². The van der Waals surface area contributed by atoms with Gasteiger partial charge in [0.15, 0.2) is 0 Å². The van der Waals surface area contributed by atoms with Crippen LogP contribution in [0.5, 0.6) is 5.75 Å². The van der Waals surface area contributed by atoms with E-state index in [4.69, 9.17) is 4.74 Å². The van der Waals surface area contributed by atoms with Crippen LogP contribution in [0.1, 0.15) is 31.4 Å². The van der Waals surface area contributed by atoms with Crippen LogP contribution >= 0.6 is 0 Å². The number of carbonyl (C=O) groups is 1. The van der Waals surface area contributed by atoms with Gasteiger partial charge in [0.25, 0.3) is 0 Å². The molecule has 1 amide bonds. The molecule has 0 aromatic heterocycles. The molecule has 0 bridgehead atoms. The van der Waals surface area contributed by atoms with Gasteiger partial charge in [0.2, 0.25) is 15.9 Å². The Labute approximate surface area is 132 Å². The first kappa shape index (κ1) is 18.4. The Kier molecular flexibility index (Phi) is 6.37. The molecule has 7 heteroatoms. The number of hydrogen-bond donors (Lipinski definition) is 2. The van der Waals surface area contributed by atoms with Crippen LogP contribution in [-0.4, -0.2) is 34.0 Å². The van der Waals surface area contributed by atoms with E-state index < -0.39 is 10.0 Å². The predicted molar refractivity (Wildman–Crippen MR) is 85.6 cm³/mol. The van der Waals surface area contributed by atoms with E-state index in [-0.39, 0.29) is 29.1 Å². The van der Waals surface area contributed by atoms with Crippen LogP contribution in [0.2, 0.25) is 0 Å². The summed E-state index contributed by atoms with van der Waals surface area (Å²) in [6.07, 6.45) is 0.781. The molecule has 0 saturated carbocycles. The van der Waals surface area contributed by atoms with Crippen molar-refractivity contribution in [3.8, 4) is 5.75 Å². The highest BCUT2D eigenvalue weighted by Crippen LogP contribution is 2.26. The lowest BCUT2D eigenvalue weighted by Gasteiger charge is -2.14. The number of nitrogens with one attached hydrogen (secondary N) is 2. The second-order valence-corrected chi connectivity index (χ2v) is 7.02. The molecule has 22 heavy (non-hydrogen) atoms. The van der Waals surface area contributed by atoms with E-state index >= 15 is 0 Å². The Balaban J connectivity index is 2.91. The minimum absolute atomic E-state index is 0.00756. The minimum atomic E-state index is -3.82. The summed E-state index contributed by atoms with van der Waals surface area (Å²) in [6.45, 7) is 7.20. The van der Waals surface area contributed by atoms with Crippen molar-refractivity contribution in [2.24, 2.45) is 0 Å². The van der Waals surface area contributed by atoms with Gasteiger partial charge in [0, 0.05) is 6.04 Å². The average Bonchev–Trinajstić information content (AvgIpc) is 2.47. The van der Waals surface area contributed by atoms with Crippen molar-refractivity contribution >= 4 is 15.9 Å². The topological polar surface area (TPSA) is 84.5 Å². The summed E-state index contributed by atoms with van der Waals surface area (Å²) < 4.78 is 32.2. The van der Waals surface area contributed by atoms with Crippen molar-refractivity contribution < 1.29 is 17.9 Å². The average molecular weight is 328 g/mol. The van der Waals surface area contributed by atoms with Crippen molar-refractivity contribution in [2.45, 2.75) is 45.1 Å². The van der Waals surface area contributed by atoms with Gasteiger partial charge in [0.1, 0.15) is 10.6 Å². The van der Waals surface area contributed by atoms with Gasteiger partial charge in [-0.25, -0.2) is 13.1 Å². The summed E-state index contributed by atoms with van der Waals surface area (Å²) in [5.74, 6) is -0.0985. The molecule has 0 radical (unpaired) electrons. The Morgan fingerprint density at radius 2 is 1.86 bits per heavy atom. The van der Waals surface area contributed by atoms with Crippen LogP contribution < -0.4 is 14.8 Å². The maximum atomic E-state index is 12.4. The van der Waals surface area contributed by atoms with Gasteiger partial charge in [-0.3, -0.25) is 4.79 Å². The molecule has 2 N–H and O–H groups in total. The minimum Gasteiger partial charge on any atom is -0.495 e. The van der Waals surface area contributed by atoms with E-state index in [0.717, 1.165) is 17.5 Å². The van der Waals surface area contributed by atoms with Crippen molar-refractivity contribution in [1.82, 2.24) is 10.0 Å². The third kappa shape index (κ3) is 4.71. The third-order valence-electron chi connectivity index (χ3n) is 3.51. The van der Waals surface area contributed by atoms with E-state index in [9.17, 15) is 13.2 Å². The van der Waals surface area contributed by atoms with Crippen molar-refractivity contribution in [3.05, 3.63) is 23.3 Å². The van der Waals surface area contributed by atoms with Crippen LogP contribution in [0.3, 0.4) is 0 Å². The monoisotopic (exact) mass is 328 g/mol. The molecule has 1 aromatic rings. The summed E-state index contributed by atoms with van der Waals surface area (Å²) in [4.78, 5) is 11.7. The van der Waals surface area contributed by atoms with E-state index in [0.29, 0.717) is 0 Å². The smallest absolute Gasteiger partial charge is 0.244 e. The number of methoxy groups -OCH3 is 1. The SMILES string of the molecule is CCC(C)NC(=O)CNS(=O)(=O)c1cc(C)c(C)cc1OC. The lowest BCUT2D eigenvalue weighted by molar-refractivity contribution is -0.120. The summed E-state index contributed by atoms with van der Waals surface area (Å²) in [6, 6.07) is 3.22. The lowest BCUT2D eigenvalue weighted by Crippen LogP contribution is -2.40. The zero-order chi connectivity index (χ0) is 16.9. The van der Waals surface area contributed by atoms with Gasteiger partial charge >= 0.3 is 0 Å². The van der Waals surface area contributed by atoms with Crippen molar-refractivity contribution in [1.29, 1.82) is 0 Å². The highest BCUT2D eigenvalue weighted by atomic mass is 32.2. The molecule has 0 aliphatic rings. The van der Waals surface area contributed by atoms with Gasteiger partial charge < -0.3 is 10.1 Å². The maximum absolute atomic E-state index is 12.4. The molecule has 1 aromatic carbocycles. The number of sulfonamides is 1. The van der Waals surface area contributed by atoms with Gasteiger partial charge in [-0.05, 0) is 50.5 Å². The molecule has 1 atom stereocenters. The van der Waals surface area contributed by atoms with Gasteiger partial charge in [0.05, 0.1) is 13.7 Å². The number of carbonyl (C=O) groups excluding carboxylic acids is 1. The predicted octanol–water partition coefficient (Wildman–Crippen LogP) is 1.51. The molecular formula is C15H24N2O4S. The van der Waals surface area contributed by atoms with Crippen LogP contribution in [-0.2, 0) is 14.8 Å². The number of amides is 1. The molecule has 1 unspecified atom stereocenters. The van der Waals surface area contributed by atoms with E-state index in [2.05, 4.69) is 10.0 Å². The molecule has 1 rings (SSSR count). The van der Waals surface area contributed by atoms with E-state index in [1.54, 1.807) is 12.1 Å². The number of ether oxygens (including phenoxy) is 1. The summed E-state index contributed by atoms with van der Waals surface area (Å²) in [7, 11) is -2.40. The fraction of sp³-hybridized carbons (Fsp3) is 0.533. The Hall–Kier alpha value is -1.60. The van der Waals surface area contributed by atoms with Gasteiger partial charge in [-0.2, -0.15) is 0 Å². The van der Waals surface area contributed by atoms with Crippen LogP contribution in [0.4, 0.5) is 0 Å². The maximum Gasteiger partial charge on any atom is 0.244 e. The molecule has 0 aliphatic heterocycles. The standard InChI is InChI=1S/C15H24N2O4S/c1-6-12(4)17-15(18)9-16-22(19,20)14-8-11(3)10(2)7-13(14)21-5/h7-8,12,16H,6,9H2,1-5H3,(H,17,18). The molecule has 124 valence electrons. The molecule has 6 nitrogen and oxygen atoms in total. The Bertz CT molecular complexity index is 641. The second kappa shape index (κ2) is 7.60. The fourth-order valence-electron chi connectivity index (χ4n) is 1.80. The Morgan fingerprint density at radius 1 is 1.27 bits per heavy atom. The fourth-order valence-corrected chi connectivity index (χ4v) is 3.01. The lowest BCUT2D eigenvalue weighted by atomic mass is 10.1. The molecular weight excluding hydrogens is 304 g/mol. The molecule has 0 fully saturated rings. The third-order valence-corrected chi connectivity index (χ3v) is 4.93. The quantitative estimate of drug-likeness (QED) is 0.794. The highest BCUT2D eigenvalue weighted by molar-refractivity contribution is 7.89. The first-order chi connectivity index (χ1) is 10.2. The van der Waals surface area contributed by atoms with Crippen molar-refractivity contribution in [3.63, 3.8) is 0 Å². The van der Waals surface area contributed by atoms with Crippen LogP contribution in [0, 0.1) is 13.8 Å². The zero-order valence-electron chi connectivity index (χ0n) is 13.7. The van der Waals surface area contributed by atoms with Gasteiger partial charge in [-0.15, -0.1) is 0 Å². The first-order valence-corrected chi connectivity index (χ1v) is 8.63. The zero-order valence-corrected chi connectivity index (χ0v) is 14.5. The number of aryl methyl sites for hydroxylation is 2. The summed E-state index contributed by atoms with van der Waals surface area (Å²) >= 11 is 0. The van der Waals surface area contributed by atoms with Crippen LogP contribution in [0.25, 0.3) is 0 Å².